The molecule has 2 amide bonds. The monoisotopic (exact) mass is 360 g/mol. The van der Waals surface area contributed by atoms with E-state index in [1.807, 2.05) is 18.3 Å². The molecule has 2 rings (SSSR count). The average molecular weight is 361 g/mol. The topological polar surface area (TPSA) is 57.3 Å². The van der Waals surface area contributed by atoms with Crippen molar-refractivity contribution >= 4 is 23.1 Å². The zero-order chi connectivity index (χ0) is 18.1. The molecular weight excluding hydrogens is 332 g/mol. The lowest BCUT2D eigenvalue weighted by Crippen LogP contribution is -2.28. The Bertz CT molecular complexity index is 650. The van der Waals surface area contributed by atoms with E-state index in [-0.39, 0.29) is 6.03 Å². The van der Waals surface area contributed by atoms with Crippen LogP contribution in [0.4, 0.5) is 10.5 Å². The molecule has 0 aliphatic heterocycles. The standard InChI is InChI=1S/C19H28N4OS/c1-4-17-13-20-18(25-17)14-21-19(24)22-16-9-7-15(8-10-16)11-12-23(5-2)6-3/h7-10,13H,4-6,11-12,14H2,1-3H3,(H2,21,22,24). The third kappa shape index (κ3) is 6.48. The molecule has 25 heavy (non-hydrogen) atoms. The molecule has 0 bridgehead atoms. The summed E-state index contributed by atoms with van der Waals surface area (Å²) in [5.41, 5.74) is 2.09. The lowest BCUT2D eigenvalue weighted by atomic mass is 10.1. The van der Waals surface area contributed by atoms with Gasteiger partial charge in [0.25, 0.3) is 0 Å². The number of nitrogens with zero attached hydrogens (tertiary/aromatic N) is 2. The second kappa shape index (κ2) is 10.2. The number of aryl methyl sites for hydroxylation is 1. The number of hydrogen-bond donors (Lipinski definition) is 2. The number of nitrogens with one attached hydrogen (secondary N) is 2. The largest absolute Gasteiger partial charge is 0.331 e. The van der Waals surface area contributed by atoms with Crippen LogP contribution in [0, 0.1) is 0 Å². The van der Waals surface area contributed by atoms with Gasteiger partial charge in [0.1, 0.15) is 5.01 Å². The van der Waals surface area contributed by atoms with Crippen molar-refractivity contribution in [1.29, 1.82) is 0 Å². The minimum atomic E-state index is -0.205. The van der Waals surface area contributed by atoms with Crippen molar-refractivity contribution in [1.82, 2.24) is 15.2 Å². The normalized spacial score (nSPS) is 10.9. The predicted molar refractivity (Wildman–Crippen MR) is 105 cm³/mol. The van der Waals surface area contributed by atoms with Gasteiger partial charge in [0.2, 0.25) is 0 Å². The lowest BCUT2D eigenvalue weighted by molar-refractivity contribution is 0.251. The first-order valence-electron chi connectivity index (χ1n) is 8.94. The number of benzene rings is 1. The quantitative estimate of drug-likeness (QED) is 0.713. The number of rotatable bonds is 9. The van der Waals surface area contributed by atoms with E-state index in [0.29, 0.717) is 6.54 Å². The van der Waals surface area contributed by atoms with Crippen LogP contribution in [0.3, 0.4) is 0 Å². The molecule has 0 aliphatic rings. The number of carbonyl (C=O) groups excluding carboxylic acids is 1. The smallest absolute Gasteiger partial charge is 0.319 e. The van der Waals surface area contributed by atoms with Crippen molar-refractivity contribution in [2.45, 2.75) is 40.2 Å². The van der Waals surface area contributed by atoms with E-state index in [4.69, 9.17) is 0 Å². The Morgan fingerprint density at radius 1 is 1.16 bits per heavy atom. The van der Waals surface area contributed by atoms with Crippen molar-refractivity contribution in [3.8, 4) is 0 Å². The molecule has 0 aliphatic carbocycles. The van der Waals surface area contributed by atoms with Gasteiger partial charge in [-0.2, -0.15) is 0 Å². The molecule has 1 aromatic heterocycles. The second-order valence-electron chi connectivity index (χ2n) is 5.86. The fourth-order valence-corrected chi connectivity index (χ4v) is 3.31. The Morgan fingerprint density at radius 3 is 2.48 bits per heavy atom. The van der Waals surface area contributed by atoms with Gasteiger partial charge < -0.3 is 15.5 Å². The number of hydrogen-bond acceptors (Lipinski definition) is 4. The van der Waals surface area contributed by atoms with Crippen LogP contribution in [0.25, 0.3) is 0 Å². The van der Waals surface area contributed by atoms with E-state index in [1.54, 1.807) is 11.3 Å². The molecule has 0 unspecified atom stereocenters. The predicted octanol–water partition coefficient (Wildman–Crippen LogP) is 3.91. The van der Waals surface area contributed by atoms with Crippen LogP contribution in [0.15, 0.2) is 30.5 Å². The number of carbonyl (C=O) groups is 1. The van der Waals surface area contributed by atoms with Crippen LogP contribution in [-0.2, 0) is 19.4 Å². The molecule has 2 N–H and O–H groups in total. The minimum Gasteiger partial charge on any atom is -0.331 e. The number of urea groups is 1. The van der Waals surface area contributed by atoms with Gasteiger partial charge in [0.15, 0.2) is 0 Å². The van der Waals surface area contributed by atoms with E-state index < -0.39 is 0 Å². The Hall–Kier alpha value is -1.92. The van der Waals surface area contributed by atoms with Crippen molar-refractivity contribution in [3.63, 3.8) is 0 Å². The molecule has 0 atom stereocenters. The summed E-state index contributed by atoms with van der Waals surface area (Å²) in [6.45, 7) is 10.1. The third-order valence-corrected chi connectivity index (χ3v) is 5.31. The highest BCUT2D eigenvalue weighted by Crippen LogP contribution is 2.13. The summed E-state index contributed by atoms with van der Waals surface area (Å²) in [5, 5.41) is 6.64. The second-order valence-corrected chi connectivity index (χ2v) is 7.06. The molecule has 5 nitrogen and oxygen atoms in total. The Morgan fingerprint density at radius 2 is 1.88 bits per heavy atom. The van der Waals surface area contributed by atoms with E-state index in [2.05, 4.69) is 53.4 Å². The molecular formula is C19H28N4OS. The van der Waals surface area contributed by atoms with Gasteiger partial charge >= 0.3 is 6.03 Å². The Labute approximate surface area is 154 Å². The van der Waals surface area contributed by atoms with E-state index in [1.165, 1.54) is 10.4 Å². The van der Waals surface area contributed by atoms with E-state index in [0.717, 1.165) is 43.2 Å². The maximum absolute atomic E-state index is 12.0. The van der Waals surface area contributed by atoms with Crippen molar-refractivity contribution in [2.75, 3.05) is 25.0 Å². The summed E-state index contributed by atoms with van der Waals surface area (Å²) >= 11 is 1.64. The van der Waals surface area contributed by atoms with Crippen LogP contribution in [0.1, 0.15) is 36.2 Å². The van der Waals surface area contributed by atoms with Crippen molar-refractivity contribution in [2.24, 2.45) is 0 Å². The van der Waals surface area contributed by atoms with Gasteiger partial charge in [-0.25, -0.2) is 9.78 Å². The number of likely N-dealkylation sites (N-methyl/N-ethyl adjacent to an activating group) is 1. The van der Waals surface area contributed by atoms with Gasteiger partial charge in [0, 0.05) is 23.3 Å². The molecule has 0 saturated carbocycles. The fourth-order valence-electron chi connectivity index (χ4n) is 2.51. The van der Waals surface area contributed by atoms with Crippen LogP contribution < -0.4 is 10.6 Å². The van der Waals surface area contributed by atoms with Crippen LogP contribution in [0.5, 0.6) is 0 Å². The van der Waals surface area contributed by atoms with Crippen LogP contribution >= 0.6 is 11.3 Å². The van der Waals surface area contributed by atoms with Gasteiger partial charge in [-0.1, -0.05) is 32.9 Å². The highest BCUT2D eigenvalue weighted by Gasteiger charge is 2.05. The highest BCUT2D eigenvalue weighted by atomic mass is 32.1. The number of anilines is 1. The lowest BCUT2D eigenvalue weighted by Gasteiger charge is -2.17. The summed E-state index contributed by atoms with van der Waals surface area (Å²) in [4.78, 5) is 19.9. The van der Waals surface area contributed by atoms with Gasteiger partial charge in [-0.3, -0.25) is 0 Å². The fraction of sp³-hybridized carbons (Fsp3) is 0.474. The maximum Gasteiger partial charge on any atom is 0.319 e. The summed E-state index contributed by atoms with van der Waals surface area (Å²) in [6, 6.07) is 7.86. The SMILES string of the molecule is CCc1cnc(CNC(=O)Nc2ccc(CCN(CC)CC)cc2)s1. The van der Waals surface area contributed by atoms with E-state index >= 15 is 0 Å². The molecule has 0 fully saturated rings. The summed E-state index contributed by atoms with van der Waals surface area (Å²) < 4.78 is 0. The summed E-state index contributed by atoms with van der Waals surface area (Å²) in [6.07, 6.45) is 3.87. The van der Waals surface area contributed by atoms with Crippen LogP contribution in [-0.4, -0.2) is 35.5 Å². The van der Waals surface area contributed by atoms with Crippen LogP contribution in [0.2, 0.25) is 0 Å². The first-order chi connectivity index (χ1) is 12.1. The molecule has 1 heterocycles. The molecule has 1 aromatic carbocycles. The third-order valence-electron chi connectivity index (χ3n) is 4.17. The average Bonchev–Trinajstić information content (AvgIpc) is 3.10. The first-order valence-corrected chi connectivity index (χ1v) is 9.75. The summed E-state index contributed by atoms with van der Waals surface area (Å²) in [7, 11) is 0. The highest BCUT2D eigenvalue weighted by molar-refractivity contribution is 7.11. The maximum atomic E-state index is 12.0. The molecule has 0 spiro atoms. The van der Waals surface area contributed by atoms with Gasteiger partial charge in [-0.05, 0) is 43.6 Å². The van der Waals surface area contributed by atoms with Crippen molar-refractivity contribution < 1.29 is 4.79 Å². The van der Waals surface area contributed by atoms with E-state index in [9.17, 15) is 4.79 Å². The zero-order valence-electron chi connectivity index (χ0n) is 15.3. The Balaban J connectivity index is 1.76. The Kier molecular flexibility index (Phi) is 7.88. The molecule has 6 heteroatoms. The molecule has 136 valence electrons. The number of thiazole rings is 1. The zero-order valence-corrected chi connectivity index (χ0v) is 16.2. The number of amides is 2. The molecule has 0 saturated heterocycles. The summed E-state index contributed by atoms with van der Waals surface area (Å²) in [5.74, 6) is 0. The van der Waals surface area contributed by atoms with Crippen molar-refractivity contribution in [3.05, 3.63) is 45.9 Å². The first kappa shape index (κ1) is 19.4. The van der Waals surface area contributed by atoms with Gasteiger partial charge in [0.05, 0.1) is 6.54 Å². The molecule has 2 aromatic rings. The minimum absolute atomic E-state index is 0.205. The van der Waals surface area contributed by atoms with Gasteiger partial charge in [-0.15, -0.1) is 11.3 Å². The number of aromatic nitrogens is 1. The molecule has 0 radical (unpaired) electrons.